The molecule has 0 aliphatic carbocycles. The number of sulfonamides is 1. The Balaban J connectivity index is 0.00000312. The lowest BCUT2D eigenvalue weighted by atomic mass is 9.94. The second-order valence-electron chi connectivity index (χ2n) is 6.16. The molecule has 25 heavy (non-hydrogen) atoms. The Bertz CT molecular complexity index is 660. The van der Waals surface area contributed by atoms with Gasteiger partial charge in [-0.05, 0) is 43.1 Å². The maximum absolute atomic E-state index is 12.5. The number of amides is 1. The van der Waals surface area contributed by atoms with Crippen molar-refractivity contribution in [3.63, 3.8) is 0 Å². The third kappa shape index (κ3) is 5.17. The smallest absolute Gasteiger partial charge is 0.251 e. The van der Waals surface area contributed by atoms with E-state index in [1.165, 1.54) is 16.4 Å². The first-order valence-electron chi connectivity index (χ1n) is 8.52. The van der Waals surface area contributed by atoms with Gasteiger partial charge in [-0.25, -0.2) is 8.42 Å². The summed E-state index contributed by atoms with van der Waals surface area (Å²) in [5.74, 6) is 0.264. The quantitative estimate of drug-likeness (QED) is 0.778. The number of carbonyl (C=O) groups is 1. The van der Waals surface area contributed by atoms with Crippen LogP contribution in [0.1, 0.15) is 37.6 Å². The Morgan fingerprint density at radius 2 is 1.84 bits per heavy atom. The summed E-state index contributed by atoms with van der Waals surface area (Å²) in [5, 5.41) is 6.30. The molecule has 1 aromatic carbocycles. The highest BCUT2D eigenvalue weighted by atomic mass is 35.5. The number of nitrogens with zero attached hydrogens (tertiary/aromatic N) is 1. The molecule has 6 nitrogen and oxygen atoms in total. The molecular formula is C17H28ClN3O3S. The number of hydrogen-bond donors (Lipinski definition) is 2. The third-order valence-electron chi connectivity index (χ3n) is 4.60. The topological polar surface area (TPSA) is 78.5 Å². The second-order valence-corrected chi connectivity index (χ2v) is 8.10. The Labute approximate surface area is 156 Å². The van der Waals surface area contributed by atoms with Crippen molar-refractivity contribution in [2.24, 2.45) is 5.92 Å². The van der Waals surface area contributed by atoms with Crippen LogP contribution >= 0.6 is 12.4 Å². The van der Waals surface area contributed by atoms with Crippen LogP contribution in [0.15, 0.2) is 29.2 Å². The van der Waals surface area contributed by atoms with Gasteiger partial charge in [-0.3, -0.25) is 4.79 Å². The molecule has 1 aliphatic rings. The zero-order valence-electron chi connectivity index (χ0n) is 15.0. The number of piperidine rings is 1. The summed E-state index contributed by atoms with van der Waals surface area (Å²) < 4.78 is 26.3. The molecule has 1 heterocycles. The highest BCUT2D eigenvalue weighted by molar-refractivity contribution is 7.89. The zero-order chi connectivity index (χ0) is 17.7. The lowest BCUT2D eigenvalue weighted by Gasteiger charge is -2.30. The van der Waals surface area contributed by atoms with Gasteiger partial charge in [0.05, 0.1) is 4.90 Å². The van der Waals surface area contributed by atoms with Crippen molar-refractivity contribution in [3.05, 3.63) is 29.8 Å². The summed E-state index contributed by atoms with van der Waals surface area (Å²) in [6.07, 6.45) is 1.03. The van der Waals surface area contributed by atoms with Gasteiger partial charge >= 0.3 is 0 Å². The average Bonchev–Trinajstić information content (AvgIpc) is 2.58. The minimum Gasteiger partial charge on any atom is -0.348 e. The van der Waals surface area contributed by atoms with E-state index in [0.717, 1.165) is 19.5 Å². The van der Waals surface area contributed by atoms with Gasteiger partial charge in [0.15, 0.2) is 0 Å². The van der Waals surface area contributed by atoms with Crippen LogP contribution in [0.2, 0.25) is 0 Å². The molecule has 1 fully saturated rings. The van der Waals surface area contributed by atoms with Crippen LogP contribution in [0, 0.1) is 5.92 Å². The van der Waals surface area contributed by atoms with Crippen LogP contribution in [0.25, 0.3) is 0 Å². The van der Waals surface area contributed by atoms with Crippen molar-refractivity contribution in [2.45, 2.75) is 38.1 Å². The van der Waals surface area contributed by atoms with Crippen molar-refractivity contribution >= 4 is 28.3 Å². The highest BCUT2D eigenvalue weighted by Crippen LogP contribution is 2.17. The molecule has 2 N–H and O–H groups in total. The Morgan fingerprint density at radius 1 is 1.24 bits per heavy atom. The molecule has 1 aromatic rings. The normalized spacial score (nSPS) is 20.8. The number of nitrogens with one attached hydrogen (secondary N) is 2. The van der Waals surface area contributed by atoms with Crippen LogP contribution in [0.5, 0.6) is 0 Å². The van der Waals surface area contributed by atoms with E-state index >= 15 is 0 Å². The van der Waals surface area contributed by atoms with E-state index in [2.05, 4.69) is 17.6 Å². The molecule has 0 bridgehead atoms. The van der Waals surface area contributed by atoms with E-state index in [0.29, 0.717) is 24.6 Å². The van der Waals surface area contributed by atoms with Crippen LogP contribution in [-0.4, -0.2) is 50.9 Å². The van der Waals surface area contributed by atoms with Gasteiger partial charge in [0.1, 0.15) is 0 Å². The maximum atomic E-state index is 12.5. The minimum atomic E-state index is -3.49. The van der Waals surface area contributed by atoms with E-state index in [1.807, 2.05) is 13.8 Å². The zero-order valence-corrected chi connectivity index (χ0v) is 16.6. The van der Waals surface area contributed by atoms with E-state index < -0.39 is 10.0 Å². The molecule has 2 atom stereocenters. The Hall–Kier alpha value is -1.15. The minimum absolute atomic E-state index is 0. The first-order valence-corrected chi connectivity index (χ1v) is 9.96. The van der Waals surface area contributed by atoms with E-state index in [1.54, 1.807) is 12.1 Å². The fraction of sp³-hybridized carbons (Fsp3) is 0.588. The molecule has 8 heteroatoms. The lowest BCUT2D eigenvalue weighted by molar-refractivity contribution is 0.0915. The second kappa shape index (κ2) is 9.52. The van der Waals surface area contributed by atoms with Crippen molar-refractivity contribution in [2.75, 3.05) is 26.2 Å². The van der Waals surface area contributed by atoms with E-state index in [9.17, 15) is 13.2 Å². The molecule has 1 amide bonds. The van der Waals surface area contributed by atoms with Gasteiger partial charge < -0.3 is 10.6 Å². The van der Waals surface area contributed by atoms with Crippen molar-refractivity contribution in [3.8, 4) is 0 Å². The summed E-state index contributed by atoms with van der Waals surface area (Å²) in [5.41, 5.74) is 0.478. The number of carbonyl (C=O) groups excluding carboxylic acids is 1. The predicted molar refractivity (Wildman–Crippen MR) is 102 cm³/mol. The average molecular weight is 390 g/mol. The third-order valence-corrected chi connectivity index (χ3v) is 6.67. The number of rotatable bonds is 6. The molecule has 2 unspecified atom stereocenters. The molecule has 0 radical (unpaired) electrons. The molecule has 0 saturated carbocycles. The number of halogens is 1. The van der Waals surface area contributed by atoms with Gasteiger partial charge in [-0.2, -0.15) is 4.31 Å². The molecule has 2 rings (SSSR count). The Morgan fingerprint density at radius 3 is 2.36 bits per heavy atom. The first-order chi connectivity index (χ1) is 11.4. The Kier molecular flexibility index (Phi) is 8.34. The van der Waals surface area contributed by atoms with Crippen LogP contribution in [-0.2, 0) is 10.0 Å². The van der Waals surface area contributed by atoms with Crippen LogP contribution < -0.4 is 10.6 Å². The highest BCUT2D eigenvalue weighted by Gasteiger charge is 2.24. The summed E-state index contributed by atoms with van der Waals surface area (Å²) in [7, 11) is -3.49. The first kappa shape index (κ1) is 21.9. The monoisotopic (exact) mass is 389 g/mol. The maximum Gasteiger partial charge on any atom is 0.251 e. The standard InChI is InChI=1S/C17H27N3O3S.ClH/c1-4-20(5-2)24(22,23)15-8-6-14(7-9-15)17(21)19-16-12-18-11-10-13(16)3;/h6-9,13,16,18H,4-5,10-12H2,1-3H3,(H,19,21);1H. The SMILES string of the molecule is CCN(CC)S(=O)(=O)c1ccc(C(=O)NC2CNCCC2C)cc1.Cl. The van der Waals surface area contributed by atoms with Crippen molar-refractivity contribution in [1.29, 1.82) is 0 Å². The summed E-state index contributed by atoms with van der Waals surface area (Å²) in [6.45, 7) is 8.34. The molecule has 1 saturated heterocycles. The predicted octanol–water partition coefficient (Wildman–Crippen LogP) is 1.87. The van der Waals surface area contributed by atoms with Crippen LogP contribution in [0.4, 0.5) is 0 Å². The fourth-order valence-corrected chi connectivity index (χ4v) is 4.38. The van der Waals surface area contributed by atoms with Gasteiger partial charge in [-0.15, -0.1) is 12.4 Å². The van der Waals surface area contributed by atoms with Gasteiger partial charge in [0.2, 0.25) is 10.0 Å². The van der Waals surface area contributed by atoms with Crippen LogP contribution in [0.3, 0.4) is 0 Å². The fourth-order valence-electron chi connectivity index (χ4n) is 2.93. The lowest BCUT2D eigenvalue weighted by Crippen LogP contribution is -2.50. The molecule has 142 valence electrons. The molecule has 0 spiro atoms. The number of hydrogen-bond acceptors (Lipinski definition) is 4. The van der Waals surface area contributed by atoms with Crippen molar-refractivity contribution < 1.29 is 13.2 Å². The molecule has 1 aliphatic heterocycles. The summed E-state index contributed by atoms with van der Waals surface area (Å²) in [4.78, 5) is 12.6. The van der Waals surface area contributed by atoms with E-state index in [4.69, 9.17) is 0 Å². The molecular weight excluding hydrogens is 362 g/mol. The van der Waals surface area contributed by atoms with Gasteiger partial charge in [-0.1, -0.05) is 20.8 Å². The van der Waals surface area contributed by atoms with Gasteiger partial charge in [0, 0.05) is 31.2 Å². The molecule has 0 aromatic heterocycles. The largest absolute Gasteiger partial charge is 0.348 e. The van der Waals surface area contributed by atoms with E-state index in [-0.39, 0.29) is 29.3 Å². The van der Waals surface area contributed by atoms with Crippen molar-refractivity contribution in [1.82, 2.24) is 14.9 Å². The number of benzene rings is 1. The summed E-state index contributed by atoms with van der Waals surface area (Å²) >= 11 is 0. The summed E-state index contributed by atoms with van der Waals surface area (Å²) in [6, 6.07) is 6.26. The van der Waals surface area contributed by atoms with Gasteiger partial charge in [0.25, 0.3) is 5.91 Å².